The summed E-state index contributed by atoms with van der Waals surface area (Å²) in [5.41, 5.74) is 2.04. The molecule has 0 spiro atoms. The highest BCUT2D eigenvalue weighted by molar-refractivity contribution is 6.34. The van der Waals surface area contributed by atoms with E-state index in [0.717, 1.165) is 6.61 Å². The third kappa shape index (κ3) is 7.92. The van der Waals surface area contributed by atoms with Crippen molar-refractivity contribution in [3.05, 3.63) is 11.8 Å². The Morgan fingerprint density at radius 3 is 2.67 bits per heavy atom. The third-order valence-electron chi connectivity index (χ3n) is 0.735. The van der Waals surface area contributed by atoms with E-state index in [1.165, 1.54) is 0 Å². The molecule has 0 aliphatic rings. The third-order valence-corrected chi connectivity index (χ3v) is 1.54. The molecule has 0 bridgehead atoms. The number of hydrogen-bond donors (Lipinski definition) is 0. The van der Waals surface area contributed by atoms with Crippen LogP contribution in [0.25, 0.3) is 0 Å². The smallest absolute Gasteiger partial charge is 0.260 e. The minimum Gasteiger partial charge on any atom is -0.412 e. The van der Waals surface area contributed by atoms with Crippen molar-refractivity contribution in [3.63, 3.8) is 0 Å². The van der Waals surface area contributed by atoms with Crippen LogP contribution < -0.4 is 0 Å². The van der Waals surface area contributed by atoms with Crippen LogP contribution in [0, 0.1) is 5.92 Å². The molecule has 0 saturated heterocycles. The summed E-state index contributed by atoms with van der Waals surface area (Å²) >= 11 is 0. The second-order valence-electron chi connectivity index (χ2n) is 2.32. The van der Waals surface area contributed by atoms with Crippen molar-refractivity contribution in [3.8, 4) is 0 Å². The Labute approximate surface area is 60.1 Å². The summed E-state index contributed by atoms with van der Waals surface area (Å²) in [6.45, 7) is 7.19. The summed E-state index contributed by atoms with van der Waals surface area (Å²) in [7, 11) is 0.544. The molecule has 0 amide bonds. The Morgan fingerprint density at radius 1 is 1.56 bits per heavy atom. The SMILES string of the molecule is C/C=C/[Si]OCC(C)C. The average molecular weight is 142 g/mol. The molecule has 0 aliphatic heterocycles. The van der Waals surface area contributed by atoms with Gasteiger partial charge in [-0.1, -0.05) is 25.6 Å². The fourth-order valence-corrected chi connectivity index (χ4v) is 0.993. The van der Waals surface area contributed by atoms with Gasteiger partial charge in [-0.05, 0) is 12.8 Å². The standard InChI is InChI=1S/C7H14OSi/c1-4-5-9-8-6-7(2)3/h4-5,7H,6H2,1-3H3/b5-4+. The van der Waals surface area contributed by atoms with Gasteiger partial charge in [0.15, 0.2) is 0 Å². The molecule has 0 atom stereocenters. The molecule has 0 saturated carbocycles. The molecule has 0 N–H and O–H groups in total. The van der Waals surface area contributed by atoms with Crippen LogP contribution in [-0.2, 0) is 4.43 Å². The van der Waals surface area contributed by atoms with Crippen LogP contribution in [0.1, 0.15) is 20.8 Å². The van der Waals surface area contributed by atoms with Gasteiger partial charge in [-0.2, -0.15) is 0 Å². The lowest BCUT2D eigenvalue weighted by molar-refractivity contribution is 0.289. The molecule has 9 heavy (non-hydrogen) atoms. The Kier molecular flexibility index (Phi) is 5.99. The zero-order valence-electron chi connectivity index (χ0n) is 6.35. The molecule has 0 aliphatic carbocycles. The molecule has 0 aromatic heterocycles. The molecule has 2 radical (unpaired) electrons. The fourth-order valence-electron chi connectivity index (χ4n) is 0.331. The van der Waals surface area contributed by atoms with Crippen molar-refractivity contribution in [1.82, 2.24) is 0 Å². The molecule has 0 heterocycles. The molecular weight excluding hydrogens is 128 g/mol. The maximum atomic E-state index is 5.28. The van der Waals surface area contributed by atoms with Crippen LogP contribution in [0.4, 0.5) is 0 Å². The lowest BCUT2D eigenvalue weighted by Gasteiger charge is -2.01. The van der Waals surface area contributed by atoms with Crippen molar-refractivity contribution in [2.45, 2.75) is 20.8 Å². The quantitative estimate of drug-likeness (QED) is 0.430. The Bertz CT molecular complexity index is 79.0. The second-order valence-corrected chi connectivity index (χ2v) is 3.18. The first kappa shape index (κ1) is 8.92. The first-order valence-electron chi connectivity index (χ1n) is 3.26. The van der Waals surface area contributed by atoms with E-state index < -0.39 is 0 Å². The van der Waals surface area contributed by atoms with Gasteiger partial charge in [0.25, 0.3) is 9.76 Å². The average Bonchev–Trinajstić information content (AvgIpc) is 1.80. The van der Waals surface area contributed by atoms with Gasteiger partial charge < -0.3 is 4.43 Å². The highest BCUT2D eigenvalue weighted by atomic mass is 28.2. The Morgan fingerprint density at radius 2 is 2.22 bits per heavy atom. The predicted molar refractivity (Wildman–Crippen MR) is 41.4 cm³/mol. The van der Waals surface area contributed by atoms with Gasteiger partial charge in [0, 0.05) is 6.61 Å². The van der Waals surface area contributed by atoms with Gasteiger partial charge in [-0.15, -0.1) is 0 Å². The van der Waals surface area contributed by atoms with E-state index in [9.17, 15) is 0 Å². The molecule has 2 heteroatoms. The van der Waals surface area contributed by atoms with Crippen LogP contribution in [-0.4, -0.2) is 16.4 Å². The summed E-state index contributed by atoms with van der Waals surface area (Å²) in [5, 5.41) is 0. The number of allylic oxidation sites excluding steroid dienone is 1. The Balaban J connectivity index is 2.91. The van der Waals surface area contributed by atoms with E-state index >= 15 is 0 Å². The lowest BCUT2D eigenvalue weighted by Crippen LogP contribution is -2.03. The van der Waals surface area contributed by atoms with Crippen molar-refractivity contribution in [2.24, 2.45) is 5.92 Å². The van der Waals surface area contributed by atoms with Crippen LogP contribution >= 0.6 is 0 Å². The van der Waals surface area contributed by atoms with Crippen molar-refractivity contribution < 1.29 is 4.43 Å². The van der Waals surface area contributed by atoms with E-state index in [1.807, 2.05) is 18.7 Å². The highest BCUT2D eigenvalue weighted by Gasteiger charge is 1.90. The summed E-state index contributed by atoms with van der Waals surface area (Å²) in [5.74, 6) is 0.655. The molecular formula is C7H14OSi. The van der Waals surface area contributed by atoms with Gasteiger partial charge in [-0.3, -0.25) is 0 Å². The van der Waals surface area contributed by atoms with Crippen LogP contribution in [0.2, 0.25) is 0 Å². The monoisotopic (exact) mass is 142 g/mol. The second kappa shape index (κ2) is 6.04. The topological polar surface area (TPSA) is 9.23 Å². The van der Waals surface area contributed by atoms with Gasteiger partial charge in [0.05, 0.1) is 0 Å². The molecule has 0 rings (SSSR count). The summed E-state index contributed by atoms with van der Waals surface area (Å²) < 4.78 is 5.28. The fraction of sp³-hybridized carbons (Fsp3) is 0.714. The largest absolute Gasteiger partial charge is 0.412 e. The molecule has 0 aromatic rings. The zero-order valence-corrected chi connectivity index (χ0v) is 7.35. The van der Waals surface area contributed by atoms with E-state index in [2.05, 4.69) is 13.8 Å². The normalized spacial score (nSPS) is 11.6. The Hall–Kier alpha value is -0.0831. The zero-order chi connectivity index (χ0) is 7.11. The number of rotatable bonds is 4. The van der Waals surface area contributed by atoms with E-state index in [-0.39, 0.29) is 0 Å². The molecule has 1 nitrogen and oxygen atoms in total. The first-order chi connectivity index (χ1) is 4.27. The molecule has 0 fully saturated rings. The van der Waals surface area contributed by atoms with Gasteiger partial charge in [0.2, 0.25) is 0 Å². The minimum absolute atomic E-state index is 0.544. The lowest BCUT2D eigenvalue weighted by atomic mass is 10.2. The van der Waals surface area contributed by atoms with Gasteiger partial charge in [-0.25, -0.2) is 0 Å². The van der Waals surface area contributed by atoms with E-state index in [1.54, 1.807) is 0 Å². The highest BCUT2D eigenvalue weighted by Crippen LogP contribution is 1.90. The molecule has 0 unspecified atom stereocenters. The maximum Gasteiger partial charge on any atom is 0.260 e. The summed E-state index contributed by atoms with van der Waals surface area (Å²) in [6, 6.07) is 0. The minimum atomic E-state index is 0.544. The predicted octanol–water partition coefficient (Wildman–Crippen LogP) is 1.81. The van der Waals surface area contributed by atoms with Crippen LogP contribution in [0.15, 0.2) is 11.8 Å². The van der Waals surface area contributed by atoms with Gasteiger partial charge >= 0.3 is 0 Å². The van der Waals surface area contributed by atoms with Crippen molar-refractivity contribution in [1.29, 1.82) is 0 Å². The van der Waals surface area contributed by atoms with Crippen molar-refractivity contribution in [2.75, 3.05) is 6.61 Å². The van der Waals surface area contributed by atoms with Crippen molar-refractivity contribution >= 4 is 9.76 Å². The van der Waals surface area contributed by atoms with E-state index in [0.29, 0.717) is 15.7 Å². The van der Waals surface area contributed by atoms with Gasteiger partial charge in [0.1, 0.15) is 0 Å². The van der Waals surface area contributed by atoms with E-state index in [4.69, 9.17) is 4.43 Å². The maximum absolute atomic E-state index is 5.28. The first-order valence-corrected chi connectivity index (χ1v) is 4.24. The van der Waals surface area contributed by atoms with Crippen LogP contribution in [0.3, 0.4) is 0 Å². The summed E-state index contributed by atoms with van der Waals surface area (Å²) in [6.07, 6.45) is 2.01. The van der Waals surface area contributed by atoms with Crippen LogP contribution in [0.5, 0.6) is 0 Å². The molecule has 0 aromatic carbocycles. The molecule has 52 valence electrons. The summed E-state index contributed by atoms with van der Waals surface area (Å²) in [4.78, 5) is 0. The number of hydrogen-bond acceptors (Lipinski definition) is 1.